The van der Waals surface area contributed by atoms with Gasteiger partial charge in [0.2, 0.25) is 0 Å². The van der Waals surface area contributed by atoms with Crippen molar-refractivity contribution in [1.82, 2.24) is 4.57 Å². The first-order chi connectivity index (χ1) is 12.8. The van der Waals surface area contributed by atoms with E-state index in [9.17, 15) is 14.8 Å². The monoisotopic (exact) mass is 367 g/mol. The SMILES string of the molecule is C=O.CC(C)(C)OC(=O)n1c(B(O)O)cc2cc(-c3ccccc3)ccc21. The number of hydrogen-bond donors (Lipinski definition) is 2. The minimum atomic E-state index is -1.78. The molecule has 2 aromatic carbocycles. The molecule has 0 spiro atoms. The lowest BCUT2D eigenvalue weighted by atomic mass is 9.86. The number of aromatic nitrogens is 1. The summed E-state index contributed by atoms with van der Waals surface area (Å²) in [6, 6.07) is 17.0. The Balaban J connectivity index is 0.00000126. The second-order valence-electron chi connectivity index (χ2n) is 6.90. The van der Waals surface area contributed by atoms with Crippen molar-refractivity contribution >= 4 is 36.5 Å². The summed E-state index contributed by atoms with van der Waals surface area (Å²) in [7, 11) is -1.78. The zero-order valence-corrected chi connectivity index (χ0v) is 15.5. The summed E-state index contributed by atoms with van der Waals surface area (Å²) in [5.41, 5.74) is 1.98. The van der Waals surface area contributed by atoms with E-state index in [0.717, 1.165) is 16.5 Å². The topological polar surface area (TPSA) is 88.8 Å². The maximum atomic E-state index is 12.5. The van der Waals surface area contributed by atoms with E-state index in [1.165, 1.54) is 4.57 Å². The van der Waals surface area contributed by atoms with E-state index in [0.29, 0.717) is 5.52 Å². The lowest BCUT2D eigenvalue weighted by Crippen LogP contribution is -2.40. The first kappa shape index (κ1) is 20.4. The molecule has 1 heterocycles. The fourth-order valence-electron chi connectivity index (χ4n) is 2.75. The molecule has 0 saturated carbocycles. The Morgan fingerprint density at radius 1 is 1.00 bits per heavy atom. The van der Waals surface area contributed by atoms with Crippen molar-refractivity contribution in [1.29, 1.82) is 0 Å². The first-order valence-corrected chi connectivity index (χ1v) is 8.35. The lowest BCUT2D eigenvalue weighted by Gasteiger charge is -2.21. The van der Waals surface area contributed by atoms with Gasteiger partial charge >= 0.3 is 13.2 Å². The van der Waals surface area contributed by atoms with Crippen LogP contribution in [0, 0.1) is 0 Å². The third-order valence-corrected chi connectivity index (χ3v) is 3.78. The molecule has 0 saturated heterocycles. The third-order valence-electron chi connectivity index (χ3n) is 3.78. The molecule has 2 N–H and O–H groups in total. The molecule has 3 aromatic rings. The summed E-state index contributed by atoms with van der Waals surface area (Å²) in [4.78, 5) is 20.5. The molecule has 0 unspecified atom stereocenters. The van der Waals surface area contributed by atoms with Crippen LogP contribution in [-0.2, 0) is 9.53 Å². The van der Waals surface area contributed by atoms with Crippen molar-refractivity contribution in [3.05, 3.63) is 54.6 Å². The van der Waals surface area contributed by atoms with Crippen LogP contribution in [0.2, 0.25) is 0 Å². The summed E-state index contributed by atoms with van der Waals surface area (Å²) in [6.07, 6.45) is -0.641. The molecular formula is C20H22BNO5. The van der Waals surface area contributed by atoms with Crippen molar-refractivity contribution in [2.75, 3.05) is 0 Å². The number of carbonyl (C=O) groups is 2. The third kappa shape index (κ3) is 4.64. The molecule has 0 atom stereocenters. The Hall–Kier alpha value is -2.90. The molecule has 27 heavy (non-hydrogen) atoms. The maximum absolute atomic E-state index is 12.5. The van der Waals surface area contributed by atoms with E-state index in [1.807, 2.05) is 49.3 Å². The molecule has 3 rings (SSSR count). The fraction of sp³-hybridized carbons (Fsp3) is 0.200. The quantitative estimate of drug-likeness (QED) is 0.680. The predicted octanol–water partition coefficient (Wildman–Crippen LogP) is 2.59. The first-order valence-electron chi connectivity index (χ1n) is 8.35. The van der Waals surface area contributed by atoms with E-state index in [4.69, 9.17) is 9.53 Å². The van der Waals surface area contributed by atoms with E-state index in [2.05, 4.69) is 0 Å². The predicted molar refractivity (Wildman–Crippen MR) is 106 cm³/mol. The minimum Gasteiger partial charge on any atom is -0.443 e. The molecule has 0 aliphatic rings. The Morgan fingerprint density at radius 2 is 1.63 bits per heavy atom. The van der Waals surface area contributed by atoms with Gasteiger partial charge in [-0.1, -0.05) is 36.4 Å². The molecule has 0 radical (unpaired) electrons. The average Bonchev–Trinajstić information content (AvgIpc) is 3.02. The number of rotatable bonds is 2. The fourth-order valence-corrected chi connectivity index (χ4v) is 2.75. The molecular weight excluding hydrogens is 345 g/mol. The second-order valence-corrected chi connectivity index (χ2v) is 6.90. The van der Waals surface area contributed by atoms with Crippen LogP contribution in [0.3, 0.4) is 0 Å². The van der Waals surface area contributed by atoms with Crippen molar-refractivity contribution < 1.29 is 24.4 Å². The van der Waals surface area contributed by atoms with Crippen LogP contribution in [0.15, 0.2) is 54.6 Å². The van der Waals surface area contributed by atoms with Crippen molar-refractivity contribution in [2.24, 2.45) is 0 Å². The lowest BCUT2D eigenvalue weighted by molar-refractivity contribution is -0.0980. The highest BCUT2D eigenvalue weighted by molar-refractivity contribution is 6.59. The summed E-state index contributed by atoms with van der Waals surface area (Å²) < 4.78 is 6.61. The number of carbonyl (C=O) groups excluding carboxylic acids is 2. The van der Waals surface area contributed by atoms with Gasteiger partial charge in [0, 0.05) is 5.39 Å². The summed E-state index contributed by atoms with van der Waals surface area (Å²) in [5.74, 6) is 0. The summed E-state index contributed by atoms with van der Waals surface area (Å²) in [5, 5.41) is 20.1. The molecule has 0 aliphatic heterocycles. The highest BCUT2D eigenvalue weighted by Crippen LogP contribution is 2.25. The van der Waals surface area contributed by atoms with Gasteiger partial charge < -0.3 is 19.6 Å². The normalized spacial score (nSPS) is 10.9. The van der Waals surface area contributed by atoms with E-state index >= 15 is 0 Å². The van der Waals surface area contributed by atoms with E-state index < -0.39 is 18.8 Å². The molecule has 0 aliphatic carbocycles. The Kier molecular flexibility index (Phi) is 6.20. The van der Waals surface area contributed by atoms with Crippen LogP contribution in [-0.4, -0.2) is 40.2 Å². The average molecular weight is 367 g/mol. The van der Waals surface area contributed by atoms with Crippen LogP contribution >= 0.6 is 0 Å². The summed E-state index contributed by atoms with van der Waals surface area (Å²) >= 11 is 0. The second kappa shape index (κ2) is 8.20. The highest BCUT2D eigenvalue weighted by atomic mass is 16.6. The zero-order valence-electron chi connectivity index (χ0n) is 15.5. The van der Waals surface area contributed by atoms with E-state index in [1.54, 1.807) is 32.9 Å². The van der Waals surface area contributed by atoms with Crippen LogP contribution < -0.4 is 5.59 Å². The summed E-state index contributed by atoms with van der Waals surface area (Å²) in [6.45, 7) is 7.29. The largest absolute Gasteiger partial charge is 0.506 e. The van der Waals surface area contributed by atoms with Gasteiger partial charge in [0.25, 0.3) is 0 Å². The number of hydrogen-bond acceptors (Lipinski definition) is 5. The molecule has 1 aromatic heterocycles. The van der Waals surface area contributed by atoms with Gasteiger partial charge in [0.1, 0.15) is 12.4 Å². The number of nitrogens with zero attached hydrogens (tertiary/aromatic N) is 1. The van der Waals surface area contributed by atoms with Crippen molar-refractivity contribution in [3.8, 4) is 11.1 Å². The number of fused-ring (bicyclic) bond motifs is 1. The maximum Gasteiger partial charge on any atom is 0.506 e. The molecule has 6 nitrogen and oxygen atoms in total. The standard InChI is InChI=1S/C19H20BNO4.CH2O/c1-19(2,3)25-18(22)21-16-10-9-14(13-7-5-4-6-8-13)11-15(16)12-17(21)20(23)24;1-2/h4-12,23-24H,1-3H3;1H2. The smallest absolute Gasteiger partial charge is 0.443 e. The van der Waals surface area contributed by atoms with Crippen molar-refractivity contribution in [2.45, 2.75) is 26.4 Å². The van der Waals surface area contributed by atoms with Crippen LogP contribution in [0.5, 0.6) is 0 Å². The minimum absolute atomic E-state index is 0.0782. The zero-order chi connectivity index (χ0) is 20.2. The van der Waals surface area contributed by atoms with Gasteiger partial charge in [-0.2, -0.15) is 0 Å². The van der Waals surface area contributed by atoms with Gasteiger partial charge in [-0.25, -0.2) is 4.79 Å². The van der Waals surface area contributed by atoms with Gasteiger partial charge in [0.15, 0.2) is 0 Å². The molecule has 7 heteroatoms. The van der Waals surface area contributed by atoms with Crippen LogP contribution in [0.1, 0.15) is 20.8 Å². The van der Waals surface area contributed by atoms with Gasteiger partial charge in [-0.05, 0) is 50.1 Å². The van der Waals surface area contributed by atoms with Crippen LogP contribution in [0.4, 0.5) is 4.79 Å². The number of benzene rings is 2. The molecule has 0 amide bonds. The van der Waals surface area contributed by atoms with E-state index in [-0.39, 0.29) is 5.59 Å². The van der Waals surface area contributed by atoms with Gasteiger partial charge in [-0.15, -0.1) is 0 Å². The Bertz CT molecular complexity index is 929. The Morgan fingerprint density at radius 3 is 2.19 bits per heavy atom. The van der Waals surface area contributed by atoms with Gasteiger partial charge in [0.05, 0.1) is 11.1 Å². The Labute approximate surface area is 158 Å². The highest BCUT2D eigenvalue weighted by Gasteiger charge is 2.27. The molecule has 0 fully saturated rings. The van der Waals surface area contributed by atoms with Gasteiger partial charge in [-0.3, -0.25) is 4.57 Å². The number of ether oxygens (including phenoxy) is 1. The van der Waals surface area contributed by atoms with Crippen molar-refractivity contribution in [3.63, 3.8) is 0 Å². The molecule has 0 bridgehead atoms. The van der Waals surface area contributed by atoms with Crippen LogP contribution in [0.25, 0.3) is 22.0 Å². The molecule has 140 valence electrons.